The van der Waals surface area contributed by atoms with Gasteiger partial charge >= 0.3 is 6.03 Å². The summed E-state index contributed by atoms with van der Waals surface area (Å²) in [6.45, 7) is 1.58. The maximum atomic E-state index is 12.8. The number of furan rings is 1. The van der Waals surface area contributed by atoms with Crippen molar-refractivity contribution in [3.8, 4) is 0 Å². The van der Waals surface area contributed by atoms with Crippen LogP contribution in [0.3, 0.4) is 0 Å². The number of carbonyl (C=O) groups excluding carboxylic acids is 2. The second-order valence-corrected chi connectivity index (χ2v) is 6.94. The van der Waals surface area contributed by atoms with Gasteiger partial charge in [0.2, 0.25) is 0 Å². The Balaban J connectivity index is 1.69. The Morgan fingerprint density at radius 1 is 1.38 bits per heavy atom. The third kappa shape index (κ3) is 2.18. The Bertz CT molecular complexity index is 935. The zero-order valence-corrected chi connectivity index (χ0v) is 14.0. The fourth-order valence-electron chi connectivity index (χ4n) is 2.68. The maximum absolute atomic E-state index is 12.8. The van der Waals surface area contributed by atoms with E-state index >= 15 is 0 Å². The molecule has 1 aliphatic heterocycles. The quantitative estimate of drug-likeness (QED) is 0.724. The van der Waals surface area contributed by atoms with Gasteiger partial charge in [0.25, 0.3) is 5.91 Å². The first-order valence-corrected chi connectivity index (χ1v) is 8.24. The molecular formula is C15H11ClN4O3S. The molecule has 3 aromatic rings. The second-order valence-electron chi connectivity index (χ2n) is 5.59. The van der Waals surface area contributed by atoms with E-state index < -0.39 is 17.5 Å². The SMILES string of the molecule is C[C@]1(c2cc3ccccc3o2)NC(=O)N(Cc2nnsc2Cl)C1=O. The first kappa shape index (κ1) is 15.1. The fraction of sp³-hybridized carbons (Fsp3) is 0.200. The van der Waals surface area contributed by atoms with Gasteiger partial charge in [-0.25, -0.2) is 4.79 Å². The molecule has 1 aromatic carbocycles. The van der Waals surface area contributed by atoms with Gasteiger partial charge in [-0.1, -0.05) is 34.3 Å². The Kier molecular flexibility index (Phi) is 3.33. The highest BCUT2D eigenvalue weighted by Crippen LogP contribution is 2.34. The molecule has 122 valence electrons. The lowest BCUT2D eigenvalue weighted by Crippen LogP contribution is -2.40. The molecule has 0 bridgehead atoms. The van der Waals surface area contributed by atoms with Crippen molar-refractivity contribution in [2.75, 3.05) is 0 Å². The molecule has 1 atom stereocenters. The number of para-hydroxylation sites is 1. The van der Waals surface area contributed by atoms with Crippen LogP contribution in [-0.4, -0.2) is 26.4 Å². The molecule has 0 saturated carbocycles. The largest absolute Gasteiger partial charge is 0.458 e. The minimum Gasteiger partial charge on any atom is -0.458 e. The van der Waals surface area contributed by atoms with Crippen LogP contribution in [0.2, 0.25) is 4.34 Å². The van der Waals surface area contributed by atoms with Crippen molar-refractivity contribution in [3.05, 3.63) is 46.1 Å². The van der Waals surface area contributed by atoms with E-state index in [2.05, 4.69) is 14.9 Å². The van der Waals surface area contributed by atoms with Crippen molar-refractivity contribution in [2.45, 2.75) is 19.0 Å². The Morgan fingerprint density at radius 2 is 2.17 bits per heavy atom. The molecule has 0 aliphatic carbocycles. The van der Waals surface area contributed by atoms with E-state index in [9.17, 15) is 9.59 Å². The number of nitrogens with one attached hydrogen (secondary N) is 1. The summed E-state index contributed by atoms with van der Waals surface area (Å²) in [5.41, 5.74) is -0.230. The number of hydrogen-bond acceptors (Lipinski definition) is 6. The second kappa shape index (κ2) is 5.29. The summed E-state index contributed by atoms with van der Waals surface area (Å²) in [6, 6.07) is 8.65. The predicted molar refractivity (Wildman–Crippen MR) is 87.6 cm³/mol. The summed E-state index contributed by atoms with van der Waals surface area (Å²) in [4.78, 5) is 26.2. The molecular weight excluding hydrogens is 352 g/mol. The van der Waals surface area contributed by atoms with E-state index in [4.69, 9.17) is 16.0 Å². The van der Waals surface area contributed by atoms with Gasteiger partial charge < -0.3 is 9.73 Å². The summed E-state index contributed by atoms with van der Waals surface area (Å²) in [6.07, 6.45) is 0. The number of urea groups is 1. The lowest BCUT2D eigenvalue weighted by atomic mass is 9.99. The number of aromatic nitrogens is 2. The molecule has 9 heteroatoms. The molecule has 1 saturated heterocycles. The van der Waals surface area contributed by atoms with E-state index in [-0.39, 0.29) is 6.54 Å². The number of halogens is 1. The maximum Gasteiger partial charge on any atom is 0.325 e. The molecule has 1 aliphatic rings. The summed E-state index contributed by atoms with van der Waals surface area (Å²) in [5.74, 6) is -0.0392. The number of hydrogen-bond donors (Lipinski definition) is 1. The highest BCUT2D eigenvalue weighted by atomic mass is 35.5. The van der Waals surface area contributed by atoms with Crippen molar-refractivity contribution < 1.29 is 14.0 Å². The smallest absolute Gasteiger partial charge is 0.325 e. The molecule has 1 N–H and O–H groups in total. The standard InChI is InChI=1S/C15H11ClN4O3S/c1-15(11-6-8-4-2-3-5-10(8)23-11)13(21)20(14(22)17-15)7-9-12(16)24-19-18-9/h2-6H,7H2,1H3,(H,17,22)/t15-/m1/s1. The normalized spacial score (nSPS) is 20.8. The minimum atomic E-state index is -1.27. The van der Waals surface area contributed by atoms with Crippen molar-refractivity contribution >= 4 is 46.0 Å². The van der Waals surface area contributed by atoms with Crippen molar-refractivity contribution in [2.24, 2.45) is 0 Å². The monoisotopic (exact) mass is 362 g/mol. The molecule has 1 fully saturated rings. The van der Waals surface area contributed by atoms with Gasteiger partial charge in [0.15, 0.2) is 5.54 Å². The summed E-state index contributed by atoms with van der Waals surface area (Å²) in [7, 11) is 0. The van der Waals surface area contributed by atoms with Crippen molar-refractivity contribution in [3.63, 3.8) is 0 Å². The Hall–Kier alpha value is -2.45. The Labute approximate surface area is 145 Å². The zero-order valence-electron chi connectivity index (χ0n) is 12.4. The molecule has 7 nitrogen and oxygen atoms in total. The van der Waals surface area contributed by atoms with Gasteiger partial charge in [-0.15, -0.1) is 5.10 Å². The number of amides is 3. The molecule has 0 radical (unpaired) electrons. The van der Waals surface area contributed by atoms with Gasteiger partial charge in [0.05, 0.1) is 6.54 Å². The number of nitrogens with zero attached hydrogens (tertiary/aromatic N) is 3. The average molecular weight is 363 g/mol. The lowest BCUT2D eigenvalue weighted by molar-refractivity contribution is -0.132. The highest BCUT2D eigenvalue weighted by molar-refractivity contribution is 7.10. The van der Waals surface area contributed by atoms with Crippen LogP contribution in [0.1, 0.15) is 18.4 Å². The predicted octanol–water partition coefficient (Wildman–Crippen LogP) is 2.90. The fourth-order valence-corrected chi connectivity index (χ4v) is 3.29. The van der Waals surface area contributed by atoms with Gasteiger partial charge in [0, 0.05) is 16.9 Å². The lowest BCUT2D eigenvalue weighted by Gasteiger charge is -2.18. The molecule has 0 spiro atoms. The highest BCUT2D eigenvalue weighted by Gasteiger charge is 2.51. The van der Waals surface area contributed by atoms with Crippen LogP contribution >= 0.6 is 23.1 Å². The van der Waals surface area contributed by atoms with E-state index in [1.54, 1.807) is 13.0 Å². The van der Waals surface area contributed by atoms with E-state index in [1.165, 1.54) is 0 Å². The third-order valence-corrected chi connectivity index (χ3v) is 4.99. The van der Waals surface area contributed by atoms with E-state index in [0.717, 1.165) is 21.8 Å². The molecule has 24 heavy (non-hydrogen) atoms. The van der Waals surface area contributed by atoms with Crippen LogP contribution in [0.5, 0.6) is 0 Å². The zero-order chi connectivity index (χ0) is 16.9. The first-order chi connectivity index (χ1) is 11.5. The van der Waals surface area contributed by atoms with Crippen LogP contribution in [0.15, 0.2) is 34.7 Å². The molecule has 0 unspecified atom stereocenters. The van der Waals surface area contributed by atoms with E-state index in [0.29, 0.717) is 21.4 Å². The van der Waals surface area contributed by atoms with Gasteiger partial charge in [0.1, 0.15) is 21.4 Å². The first-order valence-electron chi connectivity index (χ1n) is 7.09. The van der Waals surface area contributed by atoms with E-state index in [1.807, 2.05) is 24.3 Å². The summed E-state index contributed by atoms with van der Waals surface area (Å²) in [5, 5.41) is 7.40. The number of carbonyl (C=O) groups is 2. The number of rotatable bonds is 3. The molecule has 3 amide bonds. The van der Waals surface area contributed by atoms with Crippen LogP contribution in [-0.2, 0) is 16.9 Å². The molecule has 3 heterocycles. The molecule has 2 aromatic heterocycles. The van der Waals surface area contributed by atoms with Gasteiger partial charge in [-0.2, -0.15) is 0 Å². The van der Waals surface area contributed by atoms with Crippen LogP contribution < -0.4 is 5.32 Å². The van der Waals surface area contributed by atoms with Crippen molar-refractivity contribution in [1.29, 1.82) is 0 Å². The Morgan fingerprint density at radius 3 is 2.88 bits per heavy atom. The number of benzene rings is 1. The number of imide groups is 1. The molecule has 4 rings (SSSR count). The topological polar surface area (TPSA) is 88.3 Å². The van der Waals surface area contributed by atoms with Crippen LogP contribution in [0.25, 0.3) is 11.0 Å². The average Bonchev–Trinajstić information content (AvgIpc) is 3.22. The summed E-state index contributed by atoms with van der Waals surface area (Å²) < 4.78 is 9.83. The van der Waals surface area contributed by atoms with Gasteiger partial charge in [-0.3, -0.25) is 9.69 Å². The van der Waals surface area contributed by atoms with Gasteiger partial charge in [-0.05, 0) is 19.1 Å². The number of fused-ring (bicyclic) bond motifs is 1. The van der Waals surface area contributed by atoms with Crippen LogP contribution in [0, 0.1) is 0 Å². The van der Waals surface area contributed by atoms with Crippen molar-refractivity contribution in [1.82, 2.24) is 19.8 Å². The van der Waals surface area contributed by atoms with Crippen LogP contribution in [0.4, 0.5) is 4.79 Å². The minimum absolute atomic E-state index is 0.0319. The summed E-state index contributed by atoms with van der Waals surface area (Å²) >= 11 is 6.97. The third-order valence-electron chi connectivity index (χ3n) is 4.01.